The molecule has 2 N–H and O–H groups in total. The number of hydrogen-bond donors (Lipinski definition) is 2. The van der Waals surface area contributed by atoms with Crippen LogP contribution in [0, 0.1) is 5.92 Å². The molecule has 1 atom stereocenters. The monoisotopic (exact) mass is 280 g/mol. The van der Waals surface area contributed by atoms with Crippen LogP contribution in [0.25, 0.3) is 0 Å². The summed E-state index contributed by atoms with van der Waals surface area (Å²) in [6, 6.07) is -0.567. The third kappa shape index (κ3) is 4.98. The summed E-state index contributed by atoms with van der Waals surface area (Å²) in [4.78, 5) is 24.8. The van der Waals surface area contributed by atoms with Crippen molar-refractivity contribution in [1.82, 2.24) is 9.80 Å². The number of carbonyl (C=O) groups is 2. The lowest BCUT2D eigenvalue weighted by molar-refractivity contribution is -0.138. The van der Waals surface area contributed by atoms with E-state index in [-0.39, 0.29) is 32.0 Å². The Morgan fingerprint density at radius 1 is 1.42 bits per heavy atom. The third-order valence-electron chi connectivity index (χ3n) is 3.02. The van der Waals surface area contributed by atoms with Gasteiger partial charge in [-0.3, -0.25) is 4.79 Å². The van der Waals surface area contributed by atoms with Gasteiger partial charge in [0.2, 0.25) is 0 Å². The molecule has 6 nitrogen and oxygen atoms in total. The van der Waals surface area contributed by atoms with Crippen molar-refractivity contribution in [2.24, 2.45) is 5.92 Å². The molecule has 1 heterocycles. The number of nitrogens with zero attached hydrogens (tertiary/aromatic N) is 2. The van der Waals surface area contributed by atoms with E-state index in [2.05, 4.69) is 0 Å². The molecule has 19 heavy (non-hydrogen) atoms. The highest BCUT2D eigenvalue weighted by molar-refractivity contribution is 5.75. The molecule has 1 rings (SSSR count). The Hall–Kier alpha value is -1.44. The molecule has 0 aromatic carbocycles. The van der Waals surface area contributed by atoms with E-state index in [1.165, 1.54) is 4.90 Å². The predicted molar refractivity (Wildman–Crippen MR) is 62.0 cm³/mol. The third-order valence-corrected chi connectivity index (χ3v) is 3.02. The molecule has 1 aliphatic heterocycles. The number of rotatable bonds is 6. The molecule has 0 bridgehead atoms. The SMILES string of the molecule is O=C(O)CC1CCN(C(=O)N(CCO)CC(F)F)C1. The maximum absolute atomic E-state index is 12.3. The van der Waals surface area contributed by atoms with Crippen LogP contribution in [0.5, 0.6) is 0 Å². The number of urea groups is 1. The van der Waals surface area contributed by atoms with Crippen LogP contribution in [0.1, 0.15) is 12.8 Å². The Morgan fingerprint density at radius 2 is 2.11 bits per heavy atom. The maximum Gasteiger partial charge on any atom is 0.320 e. The number of alkyl halides is 2. The van der Waals surface area contributed by atoms with Crippen LogP contribution in [-0.4, -0.2) is 71.2 Å². The largest absolute Gasteiger partial charge is 0.481 e. The minimum atomic E-state index is -2.66. The Morgan fingerprint density at radius 3 is 2.63 bits per heavy atom. The summed E-state index contributed by atoms with van der Waals surface area (Å²) >= 11 is 0. The maximum atomic E-state index is 12.3. The van der Waals surface area contributed by atoms with E-state index >= 15 is 0 Å². The molecule has 2 amide bonds. The first-order valence-electron chi connectivity index (χ1n) is 6.08. The normalized spacial score (nSPS) is 18.9. The zero-order valence-corrected chi connectivity index (χ0v) is 10.5. The summed E-state index contributed by atoms with van der Waals surface area (Å²) in [5, 5.41) is 17.4. The van der Waals surface area contributed by atoms with Crippen molar-refractivity contribution in [1.29, 1.82) is 0 Å². The fourth-order valence-electron chi connectivity index (χ4n) is 2.17. The van der Waals surface area contributed by atoms with Crippen LogP contribution in [-0.2, 0) is 4.79 Å². The fraction of sp³-hybridized carbons (Fsp3) is 0.818. The second-order valence-electron chi connectivity index (χ2n) is 4.54. The van der Waals surface area contributed by atoms with Gasteiger partial charge in [-0.05, 0) is 12.3 Å². The van der Waals surface area contributed by atoms with Crippen molar-refractivity contribution >= 4 is 12.0 Å². The Bertz CT molecular complexity index is 328. The highest BCUT2D eigenvalue weighted by atomic mass is 19.3. The molecule has 1 saturated heterocycles. The Labute approximate surface area is 109 Å². The summed E-state index contributed by atoms with van der Waals surface area (Å²) in [6.07, 6.45) is -2.13. The van der Waals surface area contributed by atoms with Crippen molar-refractivity contribution < 1.29 is 28.6 Å². The van der Waals surface area contributed by atoms with Crippen molar-refractivity contribution in [2.75, 3.05) is 32.8 Å². The molecular formula is C11H18F2N2O4. The van der Waals surface area contributed by atoms with Gasteiger partial charge in [-0.25, -0.2) is 13.6 Å². The average Bonchev–Trinajstić information content (AvgIpc) is 2.74. The van der Waals surface area contributed by atoms with Crippen molar-refractivity contribution in [3.63, 3.8) is 0 Å². The first kappa shape index (κ1) is 15.6. The molecule has 8 heteroatoms. The summed E-state index contributed by atoms with van der Waals surface area (Å²) < 4.78 is 24.7. The number of likely N-dealkylation sites (tertiary alicyclic amines) is 1. The lowest BCUT2D eigenvalue weighted by atomic mass is 10.1. The standard InChI is InChI=1S/C11H18F2N2O4/c12-9(13)7-15(3-4-16)11(19)14-2-1-8(6-14)5-10(17)18/h8-9,16H,1-7H2,(H,17,18). The van der Waals surface area contributed by atoms with Gasteiger partial charge in [0.15, 0.2) is 0 Å². The van der Waals surface area contributed by atoms with Gasteiger partial charge < -0.3 is 20.0 Å². The van der Waals surface area contributed by atoms with E-state index in [9.17, 15) is 18.4 Å². The smallest absolute Gasteiger partial charge is 0.320 e. The predicted octanol–water partition coefficient (Wildman–Crippen LogP) is 0.462. The number of aliphatic hydroxyl groups is 1. The number of amides is 2. The van der Waals surface area contributed by atoms with Gasteiger partial charge in [-0.2, -0.15) is 0 Å². The van der Waals surface area contributed by atoms with Crippen molar-refractivity contribution in [3.05, 3.63) is 0 Å². The highest BCUT2D eigenvalue weighted by Crippen LogP contribution is 2.21. The summed E-state index contributed by atoms with van der Waals surface area (Å²) in [5.74, 6) is -1.07. The number of carboxylic acid groups (broad SMARTS) is 1. The molecule has 110 valence electrons. The molecule has 0 saturated carbocycles. The van der Waals surface area contributed by atoms with Crippen LogP contribution >= 0.6 is 0 Å². The van der Waals surface area contributed by atoms with E-state index in [0.29, 0.717) is 13.0 Å². The van der Waals surface area contributed by atoms with E-state index < -0.39 is 25.0 Å². The molecule has 1 aliphatic rings. The molecule has 1 unspecified atom stereocenters. The van der Waals surface area contributed by atoms with Gasteiger partial charge in [-0.1, -0.05) is 0 Å². The van der Waals surface area contributed by atoms with Crippen LogP contribution in [0.15, 0.2) is 0 Å². The number of halogens is 2. The summed E-state index contributed by atoms with van der Waals surface area (Å²) in [6.45, 7) is -0.633. The van der Waals surface area contributed by atoms with Gasteiger partial charge in [0.25, 0.3) is 6.43 Å². The fourth-order valence-corrected chi connectivity index (χ4v) is 2.17. The first-order chi connectivity index (χ1) is 8.93. The zero-order chi connectivity index (χ0) is 14.4. The number of aliphatic hydroxyl groups excluding tert-OH is 1. The average molecular weight is 280 g/mol. The highest BCUT2D eigenvalue weighted by Gasteiger charge is 2.31. The van der Waals surface area contributed by atoms with Crippen molar-refractivity contribution in [3.8, 4) is 0 Å². The second kappa shape index (κ2) is 7.22. The van der Waals surface area contributed by atoms with Gasteiger partial charge in [0.05, 0.1) is 13.2 Å². The lowest BCUT2D eigenvalue weighted by Crippen LogP contribution is -2.45. The second-order valence-corrected chi connectivity index (χ2v) is 4.54. The van der Waals surface area contributed by atoms with Crippen LogP contribution in [0.3, 0.4) is 0 Å². The Kier molecular flexibility index (Phi) is 5.94. The van der Waals surface area contributed by atoms with E-state index in [1.807, 2.05) is 0 Å². The van der Waals surface area contributed by atoms with Gasteiger partial charge in [0, 0.05) is 26.1 Å². The number of carboxylic acids is 1. The topological polar surface area (TPSA) is 81.1 Å². The van der Waals surface area contributed by atoms with Gasteiger partial charge in [-0.15, -0.1) is 0 Å². The van der Waals surface area contributed by atoms with Gasteiger partial charge >= 0.3 is 12.0 Å². The molecule has 0 spiro atoms. The van der Waals surface area contributed by atoms with Crippen molar-refractivity contribution in [2.45, 2.75) is 19.3 Å². The number of aliphatic carboxylic acids is 1. The first-order valence-corrected chi connectivity index (χ1v) is 6.08. The number of carbonyl (C=O) groups excluding carboxylic acids is 1. The Balaban J connectivity index is 2.53. The van der Waals surface area contributed by atoms with Crippen LogP contribution < -0.4 is 0 Å². The molecule has 0 aromatic rings. The van der Waals surface area contributed by atoms with Gasteiger partial charge in [0.1, 0.15) is 0 Å². The van der Waals surface area contributed by atoms with Crippen LogP contribution in [0.4, 0.5) is 13.6 Å². The molecule has 0 aliphatic carbocycles. The summed E-state index contributed by atoms with van der Waals surface area (Å²) in [5.41, 5.74) is 0. The lowest BCUT2D eigenvalue weighted by Gasteiger charge is -2.27. The van der Waals surface area contributed by atoms with Crippen LogP contribution in [0.2, 0.25) is 0 Å². The zero-order valence-electron chi connectivity index (χ0n) is 10.5. The molecule has 0 radical (unpaired) electrons. The van der Waals surface area contributed by atoms with E-state index in [0.717, 1.165) is 4.90 Å². The summed E-state index contributed by atoms with van der Waals surface area (Å²) in [7, 11) is 0. The van der Waals surface area contributed by atoms with E-state index in [4.69, 9.17) is 10.2 Å². The van der Waals surface area contributed by atoms with E-state index in [1.54, 1.807) is 0 Å². The molecular weight excluding hydrogens is 262 g/mol. The molecule has 0 aromatic heterocycles. The molecule has 1 fully saturated rings. The quantitative estimate of drug-likeness (QED) is 0.740. The minimum absolute atomic E-state index is 0.0291. The number of hydrogen-bond acceptors (Lipinski definition) is 3. The minimum Gasteiger partial charge on any atom is -0.481 e.